The lowest BCUT2D eigenvalue weighted by atomic mass is 10.0. The minimum absolute atomic E-state index is 0.269. The van der Waals surface area contributed by atoms with Crippen LogP contribution in [0.4, 0.5) is 24.5 Å². The normalized spacial score (nSPS) is 10.7. The minimum atomic E-state index is -1.57. The first-order chi connectivity index (χ1) is 10.9. The molecule has 0 aliphatic rings. The molecule has 3 nitrogen and oxygen atoms in total. The van der Waals surface area contributed by atoms with Crippen molar-refractivity contribution in [2.24, 2.45) is 0 Å². The lowest BCUT2D eigenvalue weighted by Gasteiger charge is -2.10. The number of benzene rings is 2. The minimum Gasteiger partial charge on any atom is -0.374 e. The van der Waals surface area contributed by atoms with Gasteiger partial charge in [-0.05, 0) is 35.7 Å². The van der Waals surface area contributed by atoms with Gasteiger partial charge in [-0.2, -0.15) is 0 Å². The van der Waals surface area contributed by atoms with Gasteiger partial charge in [0.2, 0.25) is 5.91 Å². The molecule has 0 atom stereocenters. The van der Waals surface area contributed by atoms with Crippen LogP contribution in [-0.2, 0) is 4.79 Å². The van der Waals surface area contributed by atoms with Gasteiger partial charge >= 0.3 is 0 Å². The van der Waals surface area contributed by atoms with Crippen LogP contribution in [-0.4, -0.2) is 12.5 Å². The van der Waals surface area contributed by atoms with Gasteiger partial charge in [-0.3, -0.25) is 4.79 Å². The van der Waals surface area contributed by atoms with E-state index in [0.717, 1.165) is 17.7 Å². The van der Waals surface area contributed by atoms with Gasteiger partial charge in [0.15, 0.2) is 17.5 Å². The van der Waals surface area contributed by atoms with E-state index in [-0.39, 0.29) is 12.2 Å². The molecule has 23 heavy (non-hydrogen) atoms. The van der Waals surface area contributed by atoms with Gasteiger partial charge in [-0.15, -0.1) is 0 Å². The summed E-state index contributed by atoms with van der Waals surface area (Å²) in [5, 5.41) is 5.07. The molecular weight excluding hydrogens is 305 g/mol. The van der Waals surface area contributed by atoms with Crippen molar-refractivity contribution in [3.8, 4) is 0 Å². The summed E-state index contributed by atoms with van der Waals surface area (Å²) in [4.78, 5) is 11.8. The van der Waals surface area contributed by atoms with Crippen LogP contribution in [0.15, 0.2) is 36.4 Å². The number of hydrogen-bond acceptors (Lipinski definition) is 2. The number of carbonyl (C=O) groups is 1. The molecule has 0 bridgehead atoms. The molecule has 0 saturated carbocycles. The number of amides is 1. The second-order valence-electron chi connectivity index (χ2n) is 5.40. The Balaban J connectivity index is 1.94. The van der Waals surface area contributed by atoms with Crippen LogP contribution < -0.4 is 10.6 Å². The van der Waals surface area contributed by atoms with Gasteiger partial charge < -0.3 is 10.6 Å². The number of nitrogens with one attached hydrogen (secondary N) is 2. The Morgan fingerprint density at radius 2 is 1.65 bits per heavy atom. The van der Waals surface area contributed by atoms with Crippen LogP contribution in [0.1, 0.15) is 25.3 Å². The van der Waals surface area contributed by atoms with E-state index in [2.05, 4.69) is 24.5 Å². The average Bonchev–Trinajstić information content (AvgIpc) is 2.52. The van der Waals surface area contributed by atoms with E-state index in [1.807, 2.05) is 12.1 Å². The summed E-state index contributed by atoms with van der Waals surface area (Å²) in [6.07, 6.45) is 0. The third kappa shape index (κ3) is 4.25. The second-order valence-corrected chi connectivity index (χ2v) is 5.40. The fourth-order valence-corrected chi connectivity index (χ4v) is 1.99. The highest BCUT2D eigenvalue weighted by molar-refractivity contribution is 5.93. The van der Waals surface area contributed by atoms with Crippen molar-refractivity contribution in [2.45, 2.75) is 19.8 Å². The maximum Gasteiger partial charge on any atom is 0.243 e. The Labute approximate surface area is 132 Å². The first kappa shape index (κ1) is 16.9. The summed E-state index contributed by atoms with van der Waals surface area (Å²) in [6, 6.07) is 9.18. The van der Waals surface area contributed by atoms with Crippen molar-refractivity contribution in [3.63, 3.8) is 0 Å². The Morgan fingerprint density at radius 3 is 2.26 bits per heavy atom. The number of carbonyl (C=O) groups excluding carboxylic acids is 1. The fraction of sp³-hybridized carbons (Fsp3) is 0.235. The topological polar surface area (TPSA) is 41.1 Å². The highest BCUT2D eigenvalue weighted by atomic mass is 19.2. The molecule has 0 unspecified atom stereocenters. The first-order valence-electron chi connectivity index (χ1n) is 7.15. The molecule has 0 heterocycles. The van der Waals surface area contributed by atoms with E-state index in [1.54, 1.807) is 12.1 Å². The van der Waals surface area contributed by atoms with Gasteiger partial charge in [-0.1, -0.05) is 26.0 Å². The van der Waals surface area contributed by atoms with Crippen LogP contribution in [0.2, 0.25) is 0 Å². The Kier molecular flexibility index (Phi) is 5.26. The lowest BCUT2D eigenvalue weighted by Crippen LogP contribution is -2.22. The van der Waals surface area contributed by atoms with E-state index in [4.69, 9.17) is 0 Å². The standard InChI is InChI=1S/C17H17F3N2O/c1-10(2)11-3-5-12(6-4-11)22-15(23)9-21-14-8-7-13(18)16(19)17(14)20/h3-8,10,21H,9H2,1-2H3,(H,22,23). The van der Waals surface area contributed by atoms with Crippen molar-refractivity contribution < 1.29 is 18.0 Å². The van der Waals surface area contributed by atoms with E-state index in [1.165, 1.54) is 0 Å². The van der Waals surface area contributed by atoms with Crippen molar-refractivity contribution in [3.05, 3.63) is 59.4 Å². The van der Waals surface area contributed by atoms with Gasteiger partial charge in [0.1, 0.15) is 0 Å². The Hall–Kier alpha value is -2.50. The Bertz CT molecular complexity index is 700. The molecule has 6 heteroatoms. The quantitative estimate of drug-likeness (QED) is 0.807. The summed E-state index contributed by atoms with van der Waals surface area (Å²) in [6.45, 7) is 3.86. The SMILES string of the molecule is CC(C)c1ccc(NC(=O)CNc2ccc(F)c(F)c2F)cc1. The maximum absolute atomic E-state index is 13.5. The van der Waals surface area contributed by atoms with Crippen molar-refractivity contribution >= 4 is 17.3 Å². The van der Waals surface area contributed by atoms with Gasteiger partial charge in [-0.25, -0.2) is 13.2 Å². The van der Waals surface area contributed by atoms with E-state index >= 15 is 0 Å². The molecule has 2 N–H and O–H groups in total. The molecule has 0 radical (unpaired) electrons. The molecule has 0 aromatic heterocycles. The lowest BCUT2D eigenvalue weighted by molar-refractivity contribution is -0.114. The number of halogens is 3. The molecule has 0 fully saturated rings. The molecule has 2 aromatic carbocycles. The molecular formula is C17H17F3N2O. The van der Waals surface area contributed by atoms with E-state index < -0.39 is 23.4 Å². The van der Waals surface area contributed by atoms with Crippen molar-refractivity contribution in [1.82, 2.24) is 0 Å². The monoisotopic (exact) mass is 322 g/mol. The maximum atomic E-state index is 13.5. The second kappa shape index (κ2) is 7.17. The third-order valence-electron chi connectivity index (χ3n) is 3.34. The molecule has 0 aliphatic carbocycles. The predicted octanol–water partition coefficient (Wildman–Crippen LogP) is 4.28. The van der Waals surface area contributed by atoms with Crippen LogP contribution in [0.25, 0.3) is 0 Å². The number of rotatable bonds is 5. The zero-order valence-electron chi connectivity index (χ0n) is 12.8. The number of anilines is 2. The van der Waals surface area contributed by atoms with Crippen LogP contribution >= 0.6 is 0 Å². The van der Waals surface area contributed by atoms with Crippen molar-refractivity contribution in [2.75, 3.05) is 17.2 Å². The third-order valence-corrected chi connectivity index (χ3v) is 3.34. The summed E-state index contributed by atoms with van der Waals surface area (Å²) in [5.74, 6) is -4.23. The van der Waals surface area contributed by atoms with E-state index in [0.29, 0.717) is 11.6 Å². The predicted molar refractivity (Wildman–Crippen MR) is 84.0 cm³/mol. The summed E-state index contributed by atoms with van der Waals surface area (Å²) < 4.78 is 39.3. The highest BCUT2D eigenvalue weighted by Gasteiger charge is 2.13. The molecule has 0 spiro atoms. The van der Waals surface area contributed by atoms with Crippen LogP contribution in [0.5, 0.6) is 0 Å². The molecule has 0 aliphatic heterocycles. The molecule has 122 valence electrons. The van der Waals surface area contributed by atoms with Crippen LogP contribution in [0.3, 0.4) is 0 Å². The smallest absolute Gasteiger partial charge is 0.243 e. The summed E-state index contributed by atoms with van der Waals surface area (Å²) >= 11 is 0. The Morgan fingerprint density at radius 1 is 1.00 bits per heavy atom. The van der Waals surface area contributed by atoms with Gasteiger partial charge in [0.05, 0.1) is 12.2 Å². The zero-order valence-corrected chi connectivity index (χ0v) is 12.8. The summed E-state index contributed by atoms with van der Waals surface area (Å²) in [5.41, 5.74) is 1.48. The molecule has 1 amide bonds. The molecule has 2 rings (SSSR count). The number of hydrogen-bond donors (Lipinski definition) is 2. The highest BCUT2D eigenvalue weighted by Crippen LogP contribution is 2.20. The molecule has 2 aromatic rings. The van der Waals surface area contributed by atoms with Crippen molar-refractivity contribution in [1.29, 1.82) is 0 Å². The zero-order chi connectivity index (χ0) is 17.0. The van der Waals surface area contributed by atoms with E-state index in [9.17, 15) is 18.0 Å². The summed E-state index contributed by atoms with van der Waals surface area (Å²) in [7, 11) is 0. The van der Waals surface area contributed by atoms with Gasteiger partial charge in [0.25, 0.3) is 0 Å². The largest absolute Gasteiger partial charge is 0.374 e. The average molecular weight is 322 g/mol. The van der Waals surface area contributed by atoms with Crippen LogP contribution in [0, 0.1) is 17.5 Å². The fourth-order valence-electron chi connectivity index (χ4n) is 1.99. The van der Waals surface area contributed by atoms with Gasteiger partial charge in [0, 0.05) is 5.69 Å². The first-order valence-corrected chi connectivity index (χ1v) is 7.15. The molecule has 0 saturated heterocycles.